The molecule has 1 aromatic rings. The number of alkyl halides is 3. The number of rotatable bonds is 1. The van der Waals surface area contributed by atoms with Crippen molar-refractivity contribution in [2.24, 2.45) is 0 Å². The van der Waals surface area contributed by atoms with Gasteiger partial charge in [-0.05, 0) is 43.5 Å². The van der Waals surface area contributed by atoms with Crippen molar-refractivity contribution in [2.45, 2.75) is 38.4 Å². The summed E-state index contributed by atoms with van der Waals surface area (Å²) in [5, 5.41) is 3.19. The van der Waals surface area contributed by atoms with E-state index in [0.717, 1.165) is 31.4 Å². The van der Waals surface area contributed by atoms with Gasteiger partial charge in [-0.1, -0.05) is 18.6 Å². The lowest BCUT2D eigenvalue weighted by Crippen LogP contribution is -2.29. The van der Waals surface area contributed by atoms with Crippen LogP contribution in [0.5, 0.6) is 0 Å². The summed E-state index contributed by atoms with van der Waals surface area (Å²) in [6.07, 6.45) is -1.44. The van der Waals surface area contributed by atoms with E-state index in [-0.39, 0.29) is 6.04 Å². The van der Waals surface area contributed by atoms with Crippen LogP contribution in [0.1, 0.15) is 42.0 Å². The van der Waals surface area contributed by atoms with Gasteiger partial charge in [0, 0.05) is 6.04 Å². The minimum absolute atomic E-state index is 0.151. The number of aryl methyl sites for hydroxylation is 1. The third-order valence-electron chi connectivity index (χ3n) is 3.29. The highest BCUT2D eigenvalue weighted by atomic mass is 19.4. The molecule has 17 heavy (non-hydrogen) atoms. The van der Waals surface area contributed by atoms with Crippen molar-refractivity contribution >= 4 is 0 Å². The number of hydrogen-bond donors (Lipinski definition) is 1. The highest BCUT2D eigenvalue weighted by Crippen LogP contribution is 2.38. The maximum absolute atomic E-state index is 13.0. The van der Waals surface area contributed by atoms with Crippen molar-refractivity contribution in [1.29, 1.82) is 0 Å². The molecule has 0 bridgehead atoms. The van der Waals surface area contributed by atoms with Gasteiger partial charge in [-0.2, -0.15) is 13.2 Å². The Hall–Kier alpha value is -1.03. The van der Waals surface area contributed by atoms with E-state index in [4.69, 9.17) is 0 Å². The summed E-state index contributed by atoms with van der Waals surface area (Å²) in [7, 11) is 0. The second-order valence-electron chi connectivity index (χ2n) is 4.54. The first-order chi connectivity index (χ1) is 8.00. The molecule has 1 N–H and O–H groups in total. The number of piperidine rings is 1. The van der Waals surface area contributed by atoms with E-state index in [0.29, 0.717) is 5.56 Å². The molecular weight excluding hydrogens is 227 g/mol. The summed E-state index contributed by atoms with van der Waals surface area (Å²) in [5.41, 5.74) is 0.663. The molecule has 2 rings (SSSR count). The predicted octanol–water partition coefficient (Wildman–Crippen LogP) is 3.83. The molecular formula is C13H16F3N. The second-order valence-corrected chi connectivity index (χ2v) is 4.54. The minimum atomic E-state index is -4.26. The predicted molar refractivity (Wildman–Crippen MR) is 60.8 cm³/mol. The first kappa shape index (κ1) is 12.4. The monoisotopic (exact) mass is 243 g/mol. The van der Waals surface area contributed by atoms with Crippen molar-refractivity contribution in [3.8, 4) is 0 Å². The quantitative estimate of drug-likeness (QED) is 0.790. The van der Waals surface area contributed by atoms with E-state index in [1.807, 2.05) is 0 Å². The molecule has 1 aromatic carbocycles. The maximum Gasteiger partial charge on any atom is 0.416 e. The molecule has 1 aliphatic rings. The molecule has 1 unspecified atom stereocenters. The first-order valence-corrected chi connectivity index (χ1v) is 5.90. The van der Waals surface area contributed by atoms with Gasteiger partial charge in [-0.15, -0.1) is 0 Å². The van der Waals surface area contributed by atoms with Gasteiger partial charge in [0.2, 0.25) is 0 Å². The van der Waals surface area contributed by atoms with Crippen LogP contribution in [0.2, 0.25) is 0 Å². The summed E-state index contributed by atoms with van der Waals surface area (Å²) < 4.78 is 38.9. The van der Waals surface area contributed by atoms with Crippen LogP contribution in [-0.2, 0) is 6.18 Å². The molecule has 1 nitrogen and oxygen atoms in total. The topological polar surface area (TPSA) is 12.0 Å². The fourth-order valence-electron chi connectivity index (χ4n) is 2.49. The Morgan fingerprint density at radius 1 is 1.24 bits per heavy atom. The average molecular weight is 243 g/mol. The van der Waals surface area contributed by atoms with Gasteiger partial charge < -0.3 is 5.32 Å². The Kier molecular flexibility index (Phi) is 3.43. The van der Waals surface area contributed by atoms with Gasteiger partial charge in [0.05, 0.1) is 5.56 Å². The number of hydrogen-bond acceptors (Lipinski definition) is 1. The zero-order valence-corrected chi connectivity index (χ0v) is 9.77. The average Bonchev–Trinajstić information content (AvgIpc) is 2.28. The van der Waals surface area contributed by atoms with Crippen LogP contribution in [0, 0.1) is 6.92 Å². The van der Waals surface area contributed by atoms with E-state index in [9.17, 15) is 13.2 Å². The lowest BCUT2D eigenvalue weighted by Gasteiger charge is -2.28. The molecule has 0 spiro atoms. The van der Waals surface area contributed by atoms with Crippen molar-refractivity contribution in [3.63, 3.8) is 0 Å². The van der Waals surface area contributed by atoms with E-state index >= 15 is 0 Å². The molecule has 0 aliphatic carbocycles. The Morgan fingerprint density at radius 2 is 2.00 bits per heavy atom. The summed E-state index contributed by atoms with van der Waals surface area (Å²) in [6, 6.07) is 4.26. The van der Waals surface area contributed by atoms with Crippen molar-refractivity contribution in [2.75, 3.05) is 6.54 Å². The van der Waals surface area contributed by atoms with Crippen LogP contribution in [-0.4, -0.2) is 6.54 Å². The van der Waals surface area contributed by atoms with Crippen LogP contribution < -0.4 is 5.32 Å². The fraction of sp³-hybridized carbons (Fsp3) is 0.538. The van der Waals surface area contributed by atoms with Gasteiger partial charge >= 0.3 is 6.18 Å². The molecule has 0 saturated carbocycles. The van der Waals surface area contributed by atoms with Crippen LogP contribution in [0.4, 0.5) is 13.2 Å². The molecule has 0 amide bonds. The lowest BCUT2D eigenvalue weighted by atomic mass is 9.90. The molecule has 1 fully saturated rings. The maximum atomic E-state index is 13.0. The van der Waals surface area contributed by atoms with E-state index in [1.165, 1.54) is 12.1 Å². The molecule has 0 aromatic heterocycles. The standard InChI is InChI=1S/C13H16F3N/c1-9-5-4-6-10(13(14,15)16)12(9)11-7-2-3-8-17-11/h4-6,11,17H,2-3,7-8H2,1H3. The van der Waals surface area contributed by atoms with Gasteiger partial charge in [0.15, 0.2) is 0 Å². The zero-order chi connectivity index (χ0) is 12.5. The Morgan fingerprint density at radius 3 is 2.59 bits per heavy atom. The second kappa shape index (κ2) is 4.69. The number of benzene rings is 1. The summed E-state index contributed by atoms with van der Waals surface area (Å²) in [5.74, 6) is 0. The van der Waals surface area contributed by atoms with E-state index < -0.39 is 11.7 Å². The molecule has 1 saturated heterocycles. The highest BCUT2D eigenvalue weighted by Gasteiger charge is 2.36. The highest BCUT2D eigenvalue weighted by molar-refractivity contribution is 5.39. The molecule has 1 heterocycles. The summed E-state index contributed by atoms with van der Waals surface area (Å²) in [4.78, 5) is 0. The molecule has 94 valence electrons. The molecule has 1 aliphatic heterocycles. The summed E-state index contributed by atoms with van der Waals surface area (Å²) in [6.45, 7) is 2.55. The van der Waals surface area contributed by atoms with Gasteiger partial charge in [-0.3, -0.25) is 0 Å². The Labute approximate surface area is 99.0 Å². The molecule has 1 atom stereocenters. The van der Waals surface area contributed by atoms with Crippen LogP contribution in [0.3, 0.4) is 0 Å². The van der Waals surface area contributed by atoms with E-state index in [2.05, 4.69) is 5.32 Å². The minimum Gasteiger partial charge on any atom is -0.310 e. The molecule has 0 radical (unpaired) electrons. The van der Waals surface area contributed by atoms with Crippen molar-refractivity contribution in [3.05, 3.63) is 34.9 Å². The Balaban J connectivity index is 2.43. The first-order valence-electron chi connectivity index (χ1n) is 5.90. The van der Waals surface area contributed by atoms with Gasteiger partial charge in [0.1, 0.15) is 0 Å². The molecule has 4 heteroatoms. The zero-order valence-electron chi connectivity index (χ0n) is 9.77. The van der Waals surface area contributed by atoms with Crippen molar-refractivity contribution in [1.82, 2.24) is 5.32 Å². The normalized spacial score (nSPS) is 21.5. The van der Waals surface area contributed by atoms with Gasteiger partial charge in [-0.25, -0.2) is 0 Å². The lowest BCUT2D eigenvalue weighted by molar-refractivity contribution is -0.138. The Bertz CT molecular complexity index is 392. The third-order valence-corrected chi connectivity index (χ3v) is 3.29. The van der Waals surface area contributed by atoms with Crippen molar-refractivity contribution < 1.29 is 13.2 Å². The third kappa shape index (κ3) is 2.63. The van der Waals surface area contributed by atoms with Gasteiger partial charge in [0.25, 0.3) is 0 Å². The number of nitrogens with one attached hydrogen (secondary N) is 1. The van der Waals surface area contributed by atoms with Crippen LogP contribution in [0.15, 0.2) is 18.2 Å². The van der Waals surface area contributed by atoms with Crippen LogP contribution in [0.25, 0.3) is 0 Å². The van der Waals surface area contributed by atoms with E-state index in [1.54, 1.807) is 13.0 Å². The number of halogens is 3. The smallest absolute Gasteiger partial charge is 0.310 e. The summed E-state index contributed by atoms with van der Waals surface area (Å²) >= 11 is 0. The SMILES string of the molecule is Cc1cccc(C(F)(F)F)c1C1CCCCN1. The largest absolute Gasteiger partial charge is 0.416 e. The van der Waals surface area contributed by atoms with Crippen LogP contribution >= 0.6 is 0 Å². The fourth-order valence-corrected chi connectivity index (χ4v) is 2.49.